The van der Waals surface area contributed by atoms with Crippen LogP contribution in [0.25, 0.3) is 0 Å². The van der Waals surface area contributed by atoms with Crippen molar-refractivity contribution >= 4 is 33.4 Å². The number of carbonyl (C=O) groups is 2. The van der Waals surface area contributed by atoms with E-state index in [0.29, 0.717) is 17.0 Å². The number of hydrogen-bond donors (Lipinski definition) is 1. The highest BCUT2D eigenvalue weighted by Crippen LogP contribution is 2.22. The maximum absolute atomic E-state index is 12.7. The van der Waals surface area contributed by atoms with E-state index < -0.39 is 5.91 Å². The molecule has 2 rings (SSSR count). The lowest BCUT2D eigenvalue weighted by molar-refractivity contribution is -0.116. The van der Waals surface area contributed by atoms with Crippen molar-refractivity contribution < 1.29 is 14.3 Å². The van der Waals surface area contributed by atoms with E-state index in [2.05, 4.69) is 15.9 Å². The molecule has 0 aliphatic heterocycles. The zero-order valence-electron chi connectivity index (χ0n) is 12.0. The molecule has 0 aromatic heterocycles. The first kappa shape index (κ1) is 16.0. The number of hydrogen-bond acceptors (Lipinski definition) is 3. The predicted octanol–water partition coefficient (Wildman–Crippen LogP) is 2.59. The molecule has 5 nitrogen and oxygen atoms in total. The Balaban J connectivity index is 2.36. The minimum absolute atomic E-state index is 0.197. The number of ether oxygens (including phenoxy) is 1. The first-order chi connectivity index (χ1) is 10.5. The molecule has 0 bridgehead atoms. The first-order valence-electron chi connectivity index (χ1n) is 6.51. The molecule has 0 atom stereocenters. The van der Waals surface area contributed by atoms with Crippen molar-refractivity contribution in [3.8, 4) is 5.75 Å². The summed E-state index contributed by atoms with van der Waals surface area (Å²) < 4.78 is 5.87. The molecule has 6 heteroatoms. The summed E-state index contributed by atoms with van der Waals surface area (Å²) in [6.07, 6.45) is 0. The Hall–Kier alpha value is -2.34. The van der Waals surface area contributed by atoms with E-state index in [1.54, 1.807) is 49.6 Å². The lowest BCUT2D eigenvalue weighted by atomic mass is 10.1. The summed E-state index contributed by atoms with van der Waals surface area (Å²) >= 11 is 3.33. The number of primary amides is 1. The molecule has 2 aromatic carbocycles. The number of halogens is 1. The number of methoxy groups -OCH3 is 1. The Morgan fingerprint density at radius 1 is 1.18 bits per heavy atom. The third kappa shape index (κ3) is 3.85. The molecule has 2 aromatic rings. The molecule has 0 heterocycles. The van der Waals surface area contributed by atoms with Gasteiger partial charge in [-0.2, -0.15) is 0 Å². The van der Waals surface area contributed by atoms with Crippen molar-refractivity contribution in [2.45, 2.75) is 0 Å². The highest BCUT2D eigenvalue weighted by Gasteiger charge is 2.20. The Morgan fingerprint density at radius 2 is 1.86 bits per heavy atom. The molecule has 2 N–H and O–H groups in total. The molecular formula is C16H15BrN2O3. The van der Waals surface area contributed by atoms with E-state index in [9.17, 15) is 9.59 Å². The van der Waals surface area contributed by atoms with Gasteiger partial charge in [-0.05, 0) is 42.5 Å². The van der Waals surface area contributed by atoms with Crippen LogP contribution in [0.3, 0.4) is 0 Å². The Bertz CT molecular complexity index is 686. The molecule has 2 amide bonds. The van der Waals surface area contributed by atoms with Crippen LogP contribution in [0.2, 0.25) is 0 Å². The fraction of sp³-hybridized carbons (Fsp3) is 0.125. The van der Waals surface area contributed by atoms with E-state index in [-0.39, 0.29) is 12.5 Å². The number of nitrogens with zero attached hydrogens (tertiary/aromatic N) is 1. The maximum atomic E-state index is 12.7. The second kappa shape index (κ2) is 7.09. The zero-order chi connectivity index (χ0) is 16.1. The molecular weight excluding hydrogens is 348 g/mol. The molecule has 0 saturated carbocycles. The number of carbonyl (C=O) groups excluding carboxylic acids is 2. The van der Waals surface area contributed by atoms with Crippen LogP contribution in [0, 0.1) is 0 Å². The van der Waals surface area contributed by atoms with Gasteiger partial charge in [0.15, 0.2) is 0 Å². The van der Waals surface area contributed by atoms with E-state index in [1.165, 1.54) is 4.90 Å². The van der Waals surface area contributed by atoms with Gasteiger partial charge in [-0.3, -0.25) is 14.5 Å². The summed E-state index contributed by atoms with van der Waals surface area (Å²) in [4.78, 5) is 25.3. The van der Waals surface area contributed by atoms with Gasteiger partial charge in [0.25, 0.3) is 5.91 Å². The van der Waals surface area contributed by atoms with Crippen LogP contribution in [-0.2, 0) is 4.79 Å². The molecule has 0 spiro atoms. The van der Waals surface area contributed by atoms with Gasteiger partial charge in [0, 0.05) is 15.7 Å². The van der Waals surface area contributed by atoms with Crippen molar-refractivity contribution in [2.24, 2.45) is 5.73 Å². The minimum atomic E-state index is -0.584. The van der Waals surface area contributed by atoms with Gasteiger partial charge in [0.2, 0.25) is 5.91 Å². The smallest absolute Gasteiger partial charge is 0.258 e. The van der Waals surface area contributed by atoms with Gasteiger partial charge in [0.05, 0.1) is 7.11 Å². The molecule has 114 valence electrons. The van der Waals surface area contributed by atoms with E-state index >= 15 is 0 Å². The van der Waals surface area contributed by atoms with Gasteiger partial charge in [0.1, 0.15) is 12.3 Å². The van der Waals surface area contributed by atoms with Crippen molar-refractivity contribution in [2.75, 3.05) is 18.6 Å². The standard InChI is InChI=1S/C16H15BrN2O3/c1-22-14-7-5-13(6-8-14)19(10-15(18)20)16(21)11-3-2-4-12(17)9-11/h2-9H,10H2,1H3,(H2,18,20). The maximum Gasteiger partial charge on any atom is 0.258 e. The molecule has 0 fully saturated rings. The fourth-order valence-electron chi connectivity index (χ4n) is 1.98. The minimum Gasteiger partial charge on any atom is -0.497 e. The Morgan fingerprint density at radius 3 is 2.41 bits per heavy atom. The predicted molar refractivity (Wildman–Crippen MR) is 88.0 cm³/mol. The average Bonchev–Trinajstić information content (AvgIpc) is 2.52. The largest absolute Gasteiger partial charge is 0.497 e. The third-order valence-electron chi connectivity index (χ3n) is 3.01. The van der Waals surface area contributed by atoms with E-state index in [4.69, 9.17) is 10.5 Å². The third-order valence-corrected chi connectivity index (χ3v) is 3.51. The van der Waals surface area contributed by atoms with Gasteiger partial charge < -0.3 is 10.5 Å². The van der Waals surface area contributed by atoms with Crippen molar-refractivity contribution in [1.82, 2.24) is 0 Å². The second-order valence-corrected chi connectivity index (χ2v) is 5.48. The summed E-state index contributed by atoms with van der Waals surface area (Å²) in [5, 5.41) is 0. The normalized spacial score (nSPS) is 10.1. The number of anilines is 1. The van der Waals surface area contributed by atoms with Crippen LogP contribution in [0.15, 0.2) is 53.0 Å². The summed E-state index contributed by atoms with van der Waals surface area (Å²) in [6.45, 7) is -0.197. The highest BCUT2D eigenvalue weighted by atomic mass is 79.9. The quantitative estimate of drug-likeness (QED) is 0.888. The first-order valence-corrected chi connectivity index (χ1v) is 7.30. The molecule has 0 unspecified atom stereocenters. The summed E-state index contributed by atoms with van der Waals surface area (Å²) in [5.74, 6) is -0.220. The fourth-order valence-corrected chi connectivity index (χ4v) is 2.37. The lowest BCUT2D eigenvalue weighted by Gasteiger charge is -2.21. The van der Waals surface area contributed by atoms with E-state index in [0.717, 1.165) is 4.47 Å². The van der Waals surface area contributed by atoms with Gasteiger partial charge >= 0.3 is 0 Å². The van der Waals surface area contributed by atoms with Crippen molar-refractivity contribution in [3.05, 3.63) is 58.6 Å². The van der Waals surface area contributed by atoms with Crippen LogP contribution >= 0.6 is 15.9 Å². The van der Waals surface area contributed by atoms with Gasteiger partial charge in [-0.15, -0.1) is 0 Å². The number of benzene rings is 2. The monoisotopic (exact) mass is 362 g/mol. The van der Waals surface area contributed by atoms with Crippen LogP contribution in [0.1, 0.15) is 10.4 Å². The Labute approximate surface area is 136 Å². The van der Waals surface area contributed by atoms with Gasteiger partial charge in [-0.25, -0.2) is 0 Å². The van der Waals surface area contributed by atoms with Crippen LogP contribution in [0.4, 0.5) is 5.69 Å². The van der Waals surface area contributed by atoms with Gasteiger partial charge in [-0.1, -0.05) is 22.0 Å². The number of rotatable bonds is 5. The number of nitrogens with two attached hydrogens (primary N) is 1. The van der Waals surface area contributed by atoms with Crippen LogP contribution in [-0.4, -0.2) is 25.5 Å². The summed E-state index contributed by atoms with van der Waals surface area (Å²) in [7, 11) is 1.56. The molecule has 0 radical (unpaired) electrons. The molecule has 0 aliphatic rings. The number of amides is 2. The van der Waals surface area contributed by atoms with Crippen molar-refractivity contribution in [3.63, 3.8) is 0 Å². The lowest BCUT2D eigenvalue weighted by Crippen LogP contribution is -2.38. The summed E-state index contributed by atoms with van der Waals surface area (Å²) in [6, 6.07) is 13.8. The molecule has 0 aliphatic carbocycles. The zero-order valence-corrected chi connectivity index (χ0v) is 13.5. The molecule has 0 saturated heterocycles. The Kier molecular flexibility index (Phi) is 5.16. The van der Waals surface area contributed by atoms with Crippen LogP contribution in [0.5, 0.6) is 5.75 Å². The average molecular weight is 363 g/mol. The topological polar surface area (TPSA) is 72.6 Å². The SMILES string of the molecule is COc1ccc(N(CC(N)=O)C(=O)c2cccc(Br)c2)cc1. The molecule has 22 heavy (non-hydrogen) atoms. The summed E-state index contributed by atoms with van der Waals surface area (Å²) in [5.41, 5.74) is 6.30. The second-order valence-electron chi connectivity index (χ2n) is 4.57. The van der Waals surface area contributed by atoms with Crippen LogP contribution < -0.4 is 15.4 Å². The highest BCUT2D eigenvalue weighted by molar-refractivity contribution is 9.10. The van der Waals surface area contributed by atoms with Crippen molar-refractivity contribution in [1.29, 1.82) is 0 Å². The van der Waals surface area contributed by atoms with E-state index in [1.807, 2.05) is 6.07 Å².